The Morgan fingerprint density at radius 3 is 2.60 bits per heavy atom. The maximum atomic E-state index is 13.1. The summed E-state index contributed by atoms with van der Waals surface area (Å²) in [6.07, 6.45) is 2.17. The number of rotatable bonds is 4. The number of halogens is 1. The van der Waals surface area contributed by atoms with Gasteiger partial charge in [-0.05, 0) is 43.0 Å². The number of piperidine rings is 1. The zero-order chi connectivity index (χ0) is 20.9. The first-order chi connectivity index (χ1) is 14.6. The Morgan fingerprint density at radius 1 is 1.07 bits per heavy atom. The number of benzene rings is 2. The number of anilines is 1. The van der Waals surface area contributed by atoms with Crippen LogP contribution in [0.2, 0.25) is 5.02 Å². The Balaban J connectivity index is 1.28. The molecule has 158 valence electrons. The monoisotopic (exact) mass is 427 g/mol. The highest BCUT2D eigenvalue weighted by atomic mass is 35.5. The van der Waals surface area contributed by atoms with E-state index < -0.39 is 0 Å². The van der Waals surface area contributed by atoms with E-state index in [1.807, 2.05) is 23.1 Å². The van der Waals surface area contributed by atoms with Crippen LogP contribution in [0.1, 0.15) is 18.4 Å². The Morgan fingerprint density at radius 2 is 1.83 bits per heavy atom. The molecule has 2 aliphatic rings. The summed E-state index contributed by atoms with van der Waals surface area (Å²) in [6, 6.07) is 15.4. The average Bonchev–Trinajstić information content (AvgIpc) is 2.79. The van der Waals surface area contributed by atoms with Crippen molar-refractivity contribution in [1.29, 1.82) is 0 Å². The molecule has 30 heavy (non-hydrogen) atoms. The van der Waals surface area contributed by atoms with Crippen molar-refractivity contribution in [2.75, 3.05) is 37.7 Å². The number of carbonyl (C=O) groups is 2. The number of nitrogens with zero attached hydrogens (tertiary/aromatic N) is 2. The largest absolute Gasteiger partial charge is 0.490 e. The van der Waals surface area contributed by atoms with Crippen molar-refractivity contribution in [3.63, 3.8) is 0 Å². The molecule has 2 aromatic carbocycles. The summed E-state index contributed by atoms with van der Waals surface area (Å²) >= 11 is 6.12. The minimum Gasteiger partial charge on any atom is -0.490 e. The van der Waals surface area contributed by atoms with Crippen molar-refractivity contribution in [2.24, 2.45) is 5.92 Å². The fraction of sp³-hybridized carbons (Fsp3) is 0.391. The first-order valence-corrected chi connectivity index (χ1v) is 10.8. The van der Waals surface area contributed by atoms with Crippen molar-refractivity contribution < 1.29 is 14.3 Å². The quantitative estimate of drug-likeness (QED) is 0.808. The third-order valence-corrected chi connectivity index (χ3v) is 5.94. The van der Waals surface area contributed by atoms with Crippen LogP contribution in [-0.4, -0.2) is 49.6 Å². The molecule has 0 bridgehead atoms. The fourth-order valence-corrected chi connectivity index (χ4v) is 4.18. The van der Waals surface area contributed by atoms with E-state index in [9.17, 15) is 9.59 Å². The van der Waals surface area contributed by atoms with Crippen LogP contribution >= 0.6 is 11.6 Å². The van der Waals surface area contributed by atoms with Gasteiger partial charge in [0.1, 0.15) is 12.4 Å². The second-order valence-corrected chi connectivity index (χ2v) is 8.12. The molecule has 2 aromatic rings. The molecule has 7 heteroatoms. The van der Waals surface area contributed by atoms with E-state index in [1.54, 1.807) is 23.1 Å². The molecule has 0 saturated carbocycles. The number of likely N-dealkylation sites (tertiary alicyclic amines) is 1. The van der Waals surface area contributed by atoms with E-state index in [-0.39, 0.29) is 17.9 Å². The van der Waals surface area contributed by atoms with E-state index in [0.717, 1.165) is 6.42 Å². The summed E-state index contributed by atoms with van der Waals surface area (Å²) in [5.74, 6) is 0.712. The maximum Gasteiger partial charge on any atom is 0.324 e. The molecule has 0 radical (unpaired) electrons. The molecule has 1 saturated heterocycles. The van der Waals surface area contributed by atoms with E-state index in [2.05, 4.69) is 17.4 Å². The van der Waals surface area contributed by atoms with Gasteiger partial charge >= 0.3 is 6.03 Å². The fourth-order valence-electron chi connectivity index (χ4n) is 4.01. The predicted octanol–water partition coefficient (Wildman–Crippen LogP) is 3.73. The van der Waals surface area contributed by atoms with E-state index >= 15 is 0 Å². The molecule has 0 unspecified atom stereocenters. The van der Waals surface area contributed by atoms with Gasteiger partial charge in [-0.2, -0.15) is 0 Å². The average molecular weight is 428 g/mol. The van der Waals surface area contributed by atoms with Gasteiger partial charge in [-0.1, -0.05) is 41.9 Å². The van der Waals surface area contributed by atoms with Gasteiger partial charge in [-0.3, -0.25) is 9.69 Å². The molecule has 3 amide bonds. The molecule has 2 heterocycles. The minimum atomic E-state index is -0.0512. The molecule has 1 fully saturated rings. The van der Waals surface area contributed by atoms with Gasteiger partial charge in [-0.15, -0.1) is 0 Å². The minimum absolute atomic E-state index is 0.0451. The predicted molar refractivity (Wildman–Crippen MR) is 117 cm³/mol. The summed E-state index contributed by atoms with van der Waals surface area (Å²) in [6.45, 7) is 2.73. The number of hydrogen-bond acceptors (Lipinski definition) is 3. The number of ether oxygens (including phenoxy) is 1. The van der Waals surface area contributed by atoms with Gasteiger partial charge in [0, 0.05) is 30.6 Å². The van der Waals surface area contributed by atoms with E-state index in [0.29, 0.717) is 62.1 Å². The third kappa shape index (κ3) is 4.70. The molecule has 0 aliphatic carbocycles. The molecular formula is C23H26ClN3O3. The lowest BCUT2D eigenvalue weighted by molar-refractivity contribution is -0.126. The number of urea groups is 1. The smallest absolute Gasteiger partial charge is 0.324 e. The van der Waals surface area contributed by atoms with Gasteiger partial charge in [0.15, 0.2) is 0 Å². The second-order valence-electron chi connectivity index (χ2n) is 7.68. The highest BCUT2D eigenvalue weighted by Crippen LogP contribution is 2.35. The van der Waals surface area contributed by atoms with Crippen LogP contribution in [0.3, 0.4) is 0 Å². The second kappa shape index (κ2) is 9.39. The summed E-state index contributed by atoms with van der Waals surface area (Å²) in [5.41, 5.74) is 1.92. The Kier molecular flexibility index (Phi) is 6.43. The molecule has 0 spiro atoms. The van der Waals surface area contributed by atoms with Crippen molar-refractivity contribution in [1.82, 2.24) is 10.2 Å². The summed E-state index contributed by atoms with van der Waals surface area (Å²) in [4.78, 5) is 29.1. The lowest BCUT2D eigenvalue weighted by Crippen LogP contribution is -2.50. The first-order valence-electron chi connectivity index (χ1n) is 10.4. The summed E-state index contributed by atoms with van der Waals surface area (Å²) in [5, 5.41) is 3.62. The number of nitrogens with one attached hydrogen (secondary N) is 1. The van der Waals surface area contributed by atoms with Crippen LogP contribution in [-0.2, 0) is 11.2 Å². The molecule has 0 atom stereocenters. The highest BCUT2D eigenvalue weighted by Gasteiger charge is 2.32. The van der Waals surface area contributed by atoms with Crippen molar-refractivity contribution in [2.45, 2.75) is 19.3 Å². The molecule has 0 aromatic heterocycles. The first kappa shape index (κ1) is 20.5. The van der Waals surface area contributed by atoms with Crippen LogP contribution in [0.25, 0.3) is 0 Å². The maximum absolute atomic E-state index is 13.1. The zero-order valence-electron chi connectivity index (χ0n) is 16.9. The molecule has 6 nitrogen and oxygen atoms in total. The number of hydrogen-bond donors (Lipinski definition) is 1. The van der Waals surface area contributed by atoms with E-state index in [1.165, 1.54) is 5.56 Å². The highest BCUT2D eigenvalue weighted by molar-refractivity contribution is 6.31. The topological polar surface area (TPSA) is 61.9 Å². The van der Waals surface area contributed by atoms with Gasteiger partial charge in [0.05, 0.1) is 12.2 Å². The van der Waals surface area contributed by atoms with Crippen molar-refractivity contribution in [3.8, 4) is 5.75 Å². The Labute approximate surface area is 181 Å². The summed E-state index contributed by atoms with van der Waals surface area (Å²) < 4.78 is 5.64. The van der Waals surface area contributed by atoms with Crippen LogP contribution < -0.4 is 15.0 Å². The van der Waals surface area contributed by atoms with Crippen LogP contribution in [0.15, 0.2) is 48.5 Å². The zero-order valence-corrected chi connectivity index (χ0v) is 17.6. The van der Waals surface area contributed by atoms with Crippen molar-refractivity contribution in [3.05, 3.63) is 59.1 Å². The molecule has 4 rings (SSSR count). The lowest BCUT2D eigenvalue weighted by atomic mass is 9.96. The van der Waals surface area contributed by atoms with Gasteiger partial charge in [-0.25, -0.2) is 4.79 Å². The SMILES string of the molecule is O=C(NCCc1ccccc1)C1CCN(C(=O)N2CCOc3ccc(Cl)cc32)CC1. The number of fused-ring (bicyclic) bond motifs is 1. The van der Waals surface area contributed by atoms with Gasteiger partial charge < -0.3 is 15.0 Å². The van der Waals surface area contributed by atoms with Crippen LogP contribution in [0.4, 0.5) is 10.5 Å². The molecule has 1 N–H and O–H groups in total. The van der Waals surface area contributed by atoms with E-state index in [4.69, 9.17) is 16.3 Å². The van der Waals surface area contributed by atoms with Gasteiger partial charge in [0.2, 0.25) is 5.91 Å². The van der Waals surface area contributed by atoms with Gasteiger partial charge in [0.25, 0.3) is 0 Å². The third-order valence-electron chi connectivity index (χ3n) is 5.71. The van der Waals surface area contributed by atoms with Crippen LogP contribution in [0.5, 0.6) is 5.75 Å². The standard InChI is InChI=1S/C23H26ClN3O3/c24-19-6-7-21-20(16-19)27(14-15-30-21)23(29)26-12-9-18(10-13-26)22(28)25-11-8-17-4-2-1-3-5-17/h1-7,16,18H,8-15H2,(H,25,28). The lowest BCUT2D eigenvalue weighted by Gasteiger charge is -2.37. The number of amides is 3. The van der Waals surface area contributed by atoms with Crippen molar-refractivity contribution >= 4 is 29.2 Å². The molecular weight excluding hydrogens is 402 g/mol. The summed E-state index contributed by atoms with van der Waals surface area (Å²) in [7, 11) is 0. The Hall–Kier alpha value is -2.73. The molecule has 2 aliphatic heterocycles. The number of carbonyl (C=O) groups excluding carboxylic acids is 2. The normalized spacial score (nSPS) is 16.6. The van der Waals surface area contributed by atoms with Crippen LogP contribution in [0, 0.1) is 5.92 Å². The Bertz CT molecular complexity index is 898.